The molecule has 0 unspecified atom stereocenters. The van der Waals surface area contributed by atoms with E-state index in [4.69, 9.17) is 11.6 Å². The van der Waals surface area contributed by atoms with E-state index in [2.05, 4.69) is 26.2 Å². The summed E-state index contributed by atoms with van der Waals surface area (Å²) in [5.74, 6) is -0.123. The van der Waals surface area contributed by atoms with Gasteiger partial charge in [-0.25, -0.2) is 4.98 Å². The van der Waals surface area contributed by atoms with Crippen LogP contribution in [0, 0.1) is 5.92 Å². The number of likely N-dealkylation sites (tertiary alicyclic amines) is 1. The molecule has 0 aliphatic carbocycles. The van der Waals surface area contributed by atoms with Crippen molar-refractivity contribution in [2.75, 3.05) is 44.6 Å². The van der Waals surface area contributed by atoms with E-state index in [1.54, 1.807) is 38.4 Å². The second kappa shape index (κ2) is 10.8. The first-order chi connectivity index (χ1) is 16.8. The first kappa shape index (κ1) is 25.2. The van der Waals surface area contributed by atoms with E-state index in [0.717, 1.165) is 12.8 Å². The third-order valence-electron chi connectivity index (χ3n) is 6.44. The Balaban J connectivity index is 1.31. The average Bonchev–Trinajstić information content (AvgIpc) is 3.44. The molecule has 0 saturated carbocycles. The van der Waals surface area contributed by atoms with Crippen LogP contribution in [0.1, 0.15) is 33.8 Å². The van der Waals surface area contributed by atoms with E-state index in [1.807, 2.05) is 0 Å². The van der Waals surface area contributed by atoms with E-state index < -0.39 is 5.91 Å². The van der Waals surface area contributed by atoms with Crippen LogP contribution < -0.4 is 5.32 Å². The van der Waals surface area contributed by atoms with Gasteiger partial charge < -0.3 is 24.6 Å². The van der Waals surface area contributed by atoms with Crippen molar-refractivity contribution in [3.05, 3.63) is 45.4 Å². The number of benzene rings is 1. The number of imidazole rings is 1. The van der Waals surface area contributed by atoms with E-state index in [-0.39, 0.29) is 28.6 Å². The quantitative estimate of drug-likeness (QED) is 0.541. The molecule has 186 valence electrons. The number of rotatable bonds is 6. The maximum Gasteiger partial charge on any atom is 0.291 e. The highest BCUT2D eigenvalue weighted by Crippen LogP contribution is 2.24. The number of hydrogen-bond donors (Lipinski definition) is 1. The van der Waals surface area contributed by atoms with Crippen molar-refractivity contribution in [1.29, 1.82) is 0 Å². The van der Waals surface area contributed by atoms with Gasteiger partial charge in [0.15, 0.2) is 5.82 Å². The summed E-state index contributed by atoms with van der Waals surface area (Å²) in [5.41, 5.74) is 0.787. The van der Waals surface area contributed by atoms with E-state index in [0.29, 0.717) is 61.5 Å². The molecule has 2 fully saturated rings. The van der Waals surface area contributed by atoms with Gasteiger partial charge in [-0.05, 0) is 46.5 Å². The van der Waals surface area contributed by atoms with Crippen LogP contribution in [-0.2, 0) is 16.6 Å². The number of piperazine rings is 1. The summed E-state index contributed by atoms with van der Waals surface area (Å²) in [6.45, 7) is 3.08. The molecule has 1 N–H and O–H groups in total. The zero-order valence-electron chi connectivity index (χ0n) is 19.2. The summed E-state index contributed by atoms with van der Waals surface area (Å²) < 4.78 is 2.28. The second-order valence-corrected chi connectivity index (χ2v) is 9.96. The third-order valence-corrected chi connectivity index (χ3v) is 7.49. The number of halogens is 2. The number of carbonyl (C=O) groups excluding carboxylic acids is 4. The van der Waals surface area contributed by atoms with Gasteiger partial charge in [0.2, 0.25) is 12.3 Å². The molecular weight excluding hydrogens is 540 g/mol. The van der Waals surface area contributed by atoms with E-state index >= 15 is 0 Å². The molecule has 0 radical (unpaired) electrons. The number of aromatic nitrogens is 2. The van der Waals surface area contributed by atoms with Gasteiger partial charge in [0.25, 0.3) is 11.8 Å². The van der Waals surface area contributed by atoms with Gasteiger partial charge in [-0.15, -0.1) is 0 Å². The standard InChI is InChI=1S/C23H26BrClN6O4/c1-28-19(24)12-26-21(28)22(34)27-16-2-3-17(18(25)11-16)23(35)31-8-6-30(7-9-31)20(33)10-15-4-5-29(13-15)14-32/h2-3,11-12,14-15H,4-10,13H2,1H3,(H,27,34)/t15-/m0/s1. The second-order valence-electron chi connectivity index (χ2n) is 8.74. The summed E-state index contributed by atoms with van der Waals surface area (Å²) >= 11 is 9.69. The van der Waals surface area contributed by atoms with Crippen molar-refractivity contribution in [3.63, 3.8) is 0 Å². The molecule has 1 aromatic carbocycles. The minimum atomic E-state index is -0.398. The molecule has 4 rings (SSSR count). The summed E-state index contributed by atoms with van der Waals surface area (Å²) in [7, 11) is 1.71. The van der Waals surface area contributed by atoms with Crippen molar-refractivity contribution < 1.29 is 19.2 Å². The minimum Gasteiger partial charge on any atom is -0.345 e. The third kappa shape index (κ3) is 5.67. The smallest absolute Gasteiger partial charge is 0.291 e. The number of anilines is 1. The van der Waals surface area contributed by atoms with Gasteiger partial charge >= 0.3 is 0 Å². The van der Waals surface area contributed by atoms with Crippen LogP contribution in [0.4, 0.5) is 5.69 Å². The molecule has 0 spiro atoms. The summed E-state index contributed by atoms with van der Waals surface area (Å²) in [6, 6.07) is 4.75. The first-order valence-corrected chi connectivity index (χ1v) is 12.5. The summed E-state index contributed by atoms with van der Waals surface area (Å²) in [4.78, 5) is 58.3. The van der Waals surface area contributed by atoms with Gasteiger partial charge in [0.1, 0.15) is 4.60 Å². The van der Waals surface area contributed by atoms with E-state index in [9.17, 15) is 19.2 Å². The van der Waals surface area contributed by atoms with Crippen LogP contribution in [0.15, 0.2) is 29.0 Å². The molecule has 35 heavy (non-hydrogen) atoms. The van der Waals surface area contributed by atoms with Crippen molar-refractivity contribution in [2.24, 2.45) is 13.0 Å². The van der Waals surface area contributed by atoms with E-state index in [1.165, 1.54) is 12.3 Å². The van der Waals surface area contributed by atoms with Crippen molar-refractivity contribution >= 4 is 57.3 Å². The monoisotopic (exact) mass is 564 g/mol. The van der Waals surface area contributed by atoms with Crippen LogP contribution in [0.5, 0.6) is 0 Å². The van der Waals surface area contributed by atoms with Gasteiger partial charge in [-0.1, -0.05) is 11.6 Å². The number of amides is 4. The molecule has 12 heteroatoms. The Morgan fingerprint density at radius 3 is 2.49 bits per heavy atom. The van der Waals surface area contributed by atoms with Crippen molar-refractivity contribution in [3.8, 4) is 0 Å². The predicted octanol–water partition coefficient (Wildman–Crippen LogP) is 2.24. The lowest BCUT2D eigenvalue weighted by molar-refractivity contribution is -0.133. The number of carbonyl (C=O) groups is 4. The molecular formula is C23H26BrClN6O4. The van der Waals surface area contributed by atoms with Gasteiger partial charge in [-0.2, -0.15) is 0 Å². The maximum atomic E-state index is 13.0. The Kier molecular flexibility index (Phi) is 7.75. The highest BCUT2D eigenvalue weighted by molar-refractivity contribution is 9.10. The van der Waals surface area contributed by atoms with Gasteiger partial charge in [0, 0.05) is 58.4 Å². The lowest BCUT2D eigenvalue weighted by Crippen LogP contribution is -2.51. The largest absolute Gasteiger partial charge is 0.345 e. The Morgan fingerprint density at radius 1 is 1.17 bits per heavy atom. The molecule has 2 saturated heterocycles. The van der Waals surface area contributed by atoms with Gasteiger partial charge in [0.05, 0.1) is 16.8 Å². The fourth-order valence-corrected chi connectivity index (χ4v) is 4.92. The molecule has 2 aliphatic rings. The van der Waals surface area contributed by atoms with Crippen LogP contribution in [0.3, 0.4) is 0 Å². The molecule has 2 aliphatic heterocycles. The lowest BCUT2D eigenvalue weighted by atomic mass is 10.0. The highest BCUT2D eigenvalue weighted by atomic mass is 79.9. The lowest BCUT2D eigenvalue weighted by Gasteiger charge is -2.35. The van der Waals surface area contributed by atoms with Crippen molar-refractivity contribution in [1.82, 2.24) is 24.3 Å². The molecule has 3 heterocycles. The zero-order chi connectivity index (χ0) is 25.1. The fourth-order valence-electron chi connectivity index (χ4n) is 4.38. The maximum absolute atomic E-state index is 13.0. The van der Waals surface area contributed by atoms with Crippen molar-refractivity contribution in [2.45, 2.75) is 12.8 Å². The Morgan fingerprint density at radius 2 is 1.89 bits per heavy atom. The SMILES string of the molecule is Cn1c(Br)cnc1C(=O)Nc1ccc(C(=O)N2CCN(C(=O)C[C@@H]3CCN(C=O)C3)CC2)c(Cl)c1. The average molecular weight is 566 g/mol. The minimum absolute atomic E-state index is 0.0627. The van der Waals surface area contributed by atoms with Crippen LogP contribution in [0.25, 0.3) is 0 Å². The topological polar surface area (TPSA) is 108 Å². The zero-order valence-corrected chi connectivity index (χ0v) is 21.6. The molecule has 10 nitrogen and oxygen atoms in total. The first-order valence-electron chi connectivity index (χ1n) is 11.3. The number of nitrogens with zero attached hydrogens (tertiary/aromatic N) is 5. The normalized spacial score (nSPS) is 18.0. The van der Waals surface area contributed by atoms with Gasteiger partial charge in [-0.3, -0.25) is 19.2 Å². The number of hydrogen-bond acceptors (Lipinski definition) is 5. The molecule has 4 amide bonds. The molecule has 2 aromatic rings. The summed E-state index contributed by atoms with van der Waals surface area (Å²) in [6.07, 6.45) is 3.64. The fraction of sp³-hybridized carbons (Fsp3) is 0.435. The number of nitrogens with one attached hydrogen (secondary N) is 1. The molecule has 0 bridgehead atoms. The van der Waals surface area contributed by atoms with Crippen LogP contribution in [-0.4, -0.2) is 87.7 Å². The predicted molar refractivity (Wildman–Crippen MR) is 133 cm³/mol. The molecule has 1 atom stereocenters. The van der Waals surface area contributed by atoms with Crippen LogP contribution >= 0.6 is 27.5 Å². The Bertz CT molecular complexity index is 1150. The Hall–Kier alpha value is -2.92. The summed E-state index contributed by atoms with van der Waals surface area (Å²) in [5, 5.41) is 2.96. The molecule has 1 aromatic heterocycles. The highest BCUT2D eigenvalue weighted by Gasteiger charge is 2.29. The Labute approximate surface area is 216 Å². The van der Waals surface area contributed by atoms with Crippen LogP contribution in [0.2, 0.25) is 5.02 Å².